The summed E-state index contributed by atoms with van der Waals surface area (Å²) in [5.74, 6) is 3.17. The van der Waals surface area contributed by atoms with Crippen molar-refractivity contribution >= 4 is 34.5 Å². The van der Waals surface area contributed by atoms with Crippen LogP contribution in [0.15, 0.2) is 288 Å². The fraction of sp³-hybridized carbons (Fsp3) is 0.0286. The Balaban J connectivity index is 1.05. The van der Waals surface area contributed by atoms with E-state index in [0.717, 1.165) is 78.8 Å². The molecule has 2 aromatic heterocycles. The minimum atomic E-state index is -0.936. The number of nitrogens with zero attached hydrogens (tertiary/aromatic N) is 2. The molecule has 0 aliphatic heterocycles. The van der Waals surface area contributed by atoms with E-state index in [0.29, 0.717) is 11.8 Å². The van der Waals surface area contributed by atoms with E-state index in [2.05, 4.69) is 289 Å². The predicted octanol–water partition coefficient (Wildman–Crippen LogP) is 18.2. The Morgan fingerprint density at radius 1 is 0.230 bits per heavy atom. The van der Waals surface area contributed by atoms with Gasteiger partial charge in [0.05, 0.1) is 0 Å². The SMILES string of the molecule is c1ccc(-c2ccc(N(c3ccccc3)c3cc4c(o3)C3(c5ccccc5-c5ccccc53)c3cc(N(c5ccccc5)c5ccc(-c6ccccc6)cc5)oc3C43c4ccccc4-c4ccccc43)cc2)cc1. The molecule has 74 heavy (non-hydrogen) atoms. The lowest BCUT2D eigenvalue weighted by Gasteiger charge is -2.42. The lowest BCUT2D eigenvalue weighted by molar-refractivity contribution is 0.405. The van der Waals surface area contributed by atoms with E-state index in [4.69, 9.17) is 8.83 Å². The van der Waals surface area contributed by atoms with E-state index in [1.807, 2.05) is 0 Å². The summed E-state index contributed by atoms with van der Waals surface area (Å²) < 4.78 is 16.0. The highest BCUT2D eigenvalue weighted by Gasteiger charge is 2.64. The van der Waals surface area contributed by atoms with Gasteiger partial charge in [0, 0.05) is 46.0 Å². The summed E-state index contributed by atoms with van der Waals surface area (Å²) in [5, 5.41) is 0. The van der Waals surface area contributed by atoms with Crippen LogP contribution in [0, 0.1) is 0 Å². The third kappa shape index (κ3) is 5.97. The third-order valence-corrected chi connectivity index (χ3v) is 15.8. The van der Waals surface area contributed by atoms with Crippen molar-refractivity contribution in [1.82, 2.24) is 0 Å². The molecule has 0 N–H and O–H groups in total. The minimum absolute atomic E-state index is 0.714. The summed E-state index contributed by atoms with van der Waals surface area (Å²) in [5.41, 5.74) is 18.1. The number of furan rings is 2. The largest absolute Gasteiger partial charge is 0.443 e. The Bertz CT molecular complexity index is 3660. The average molecular weight is 947 g/mol. The second kappa shape index (κ2) is 16.5. The number of hydrogen-bond donors (Lipinski definition) is 0. The van der Waals surface area contributed by atoms with Crippen LogP contribution in [-0.2, 0) is 10.8 Å². The molecule has 0 saturated carbocycles. The van der Waals surface area contributed by atoms with Crippen LogP contribution in [0.25, 0.3) is 44.5 Å². The van der Waals surface area contributed by atoms with Crippen LogP contribution in [0.1, 0.15) is 44.9 Å². The molecule has 15 rings (SSSR count). The number of anilines is 6. The Morgan fingerprint density at radius 3 is 0.811 bits per heavy atom. The van der Waals surface area contributed by atoms with Crippen LogP contribution in [0.5, 0.6) is 0 Å². The number of fused-ring (bicyclic) bond motifs is 16. The van der Waals surface area contributed by atoms with Gasteiger partial charge in [-0.3, -0.25) is 9.80 Å². The summed E-state index contributed by atoms with van der Waals surface area (Å²) >= 11 is 0. The van der Waals surface area contributed by atoms with Gasteiger partial charge < -0.3 is 8.83 Å². The Morgan fingerprint density at radius 2 is 0.486 bits per heavy atom. The molecular formula is C70H46N2O2. The molecular weight excluding hydrogens is 901 g/mol. The molecule has 0 radical (unpaired) electrons. The van der Waals surface area contributed by atoms with Gasteiger partial charge in [-0.15, -0.1) is 0 Å². The smallest absolute Gasteiger partial charge is 0.205 e. The highest BCUT2D eigenvalue weighted by atomic mass is 16.4. The quantitative estimate of drug-likeness (QED) is 0.152. The molecule has 3 aliphatic carbocycles. The van der Waals surface area contributed by atoms with Crippen molar-refractivity contribution in [3.63, 3.8) is 0 Å². The van der Waals surface area contributed by atoms with E-state index in [9.17, 15) is 0 Å². The second-order valence-corrected chi connectivity index (χ2v) is 19.5. The van der Waals surface area contributed by atoms with Crippen molar-refractivity contribution in [3.05, 3.63) is 324 Å². The van der Waals surface area contributed by atoms with Gasteiger partial charge in [-0.1, -0.05) is 218 Å². The molecule has 348 valence electrons. The van der Waals surface area contributed by atoms with Gasteiger partial charge in [-0.2, -0.15) is 0 Å². The number of hydrogen-bond acceptors (Lipinski definition) is 4. The molecule has 0 fully saturated rings. The Kier molecular flexibility index (Phi) is 9.36. The molecule has 10 aromatic carbocycles. The molecule has 2 heterocycles. The number of para-hydroxylation sites is 2. The lowest BCUT2D eigenvalue weighted by atomic mass is 9.57. The van der Waals surface area contributed by atoms with Crippen LogP contribution in [0.3, 0.4) is 0 Å². The first kappa shape index (κ1) is 42.1. The molecule has 3 aliphatic rings. The summed E-state index contributed by atoms with van der Waals surface area (Å²) in [6.45, 7) is 0. The zero-order valence-electron chi connectivity index (χ0n) is 40.3. The van der Waals surface area contributed by atoms with E-state index in [1.54, 1.807) is 0 Å². The fourth-order valence-corrected chi connectivity index (χ4v) is 12.7. The van der Waals surface area contributed by atoms with Crippen molar-refractivity contribution in [2.24, 2.45) is 0 Å². The van der Waals surface area contributed by atoms with Crippen LogP contribution in [-0.4, -0.2) is 0 Å². The van der Waals surface area contributed by atoms with Gasteiger partial charge in [-0.25, -0.2) is 0 Å². The first-order chi connectivity index (χ1) is 36.7. The maximum Gasteiger partial charge on any atom is 0.205 e. The van der Waals surface area contributed by atoms with Crippen LogP contribution >= 0.6 is 0 Å². The van der Waals surface area contributed by atoms with Gasteiger partial charge in [-0.05, 0) is 115 Å². The normalized spacial score (nSPS) is 13.6. The zero-order chi connectivity index (χ0) is 48.8. The van der Waals surface area contributed by atoms with Gasteiger partial charge in [0.1, 0.15) is 22.4 Å². The van der Waals surface area contributed by atoms with Crippen LogP contribution in [0.2, 0.25) is 0 Å². The average Bonchev–Trinajstić information content (AvgIpc) is 4.27. The van der Waals surface area contributed by atoms with Gasteiger partial charge in [0.25, 0.3) is 0 Å². The van der Waals surface area contributed by atoms with Crippen molar-refractivity contribution in [2.45, 2.75) is 10.8 Å². The monoisotopic (exact) mass is 946 g/mol. The minimum Gasteiger partial charge on any atom is -0.443 e. The predicted molar refractivity (Wildman–Crippen MR) is 299 cm³/mol. The highest BCUT2D eigenvalue weighted by Crippen LogP contribution is 2.69. The highest BCUT2D eigenvalue weighted by molar-refractivity contribution is 5.94. The molecule has 0 bridgehead atoms. The molecule has 0 atom stereocenters. The van der Waals surface area contributed by atoms with Gasteiger partial charge in [0.2, 0.25) is 11.8 Å². The maximum atomic E-state index is 7.98. The first-order valence-electron chi connectivity index (χ1n) is 25.4. The van der Waals surface area contributed by atoms with Crippen LogP contribution < -0.4 is 9.80 Å². The maximum absolute atomic E-state index is 7.98. The summed E-state index contributed by atoms with van der Waals surface area (Å²) in [6.07, 6.45) is 0. The summed E-state index contributed by atoms with van der Waals surface area (Å²) in [6, 6.07) is 100. The second-order valence-electron chi connectivity index (χ2n) is 19.5. The number of rotatable bonds is 8. The zero-order valence-corrected chi connectivity index (χ0v) is 40.3. The van der Waals surface area contributed by atoms with E-state index < -0.39 is 10.8 Å². The van der Waals surface area contributed by atoms with Gasteiger partial charge in [0.15, 0.2) is 0 Å². The molecule has 4 heteroatoms. The van der Waals surface area contributed by atoms with Crippen molar-refractivity contribution in [1.29, 1.82) is 0 Å². The topological polar surface area (TPSA) is 32.8 Å². The molecule has 12 aromatic rings. The van der Waals surface area contributed by atoms with E-state index in [-0.39, 0.29) is 0 Å². The first-order valence-corrected chi connectivity index (χ1v) is 25.4. The lowest BCUT2D eigenvalue weighted by Crippen LogP contribution is -2.42. The van der Waals surface area contributed by atoms with E-state index in [1.165, 1.54) is 33.4 Å². The molecule has 4 nitrogen and oxygen atoms in total. The van der Waals surface area contributed by atoms with Crippen molar-refractivity contribution in [3.8, 4) is 44.5 Å². The van der Waals surface area contributed by atoms with Gasteiger partial charge >= 0.3 is 0 Å². The molecule has 2 spiro atoms. The van der Waals surface area contributed by atoms with Crippen LogP contribution in [0.4, 0.5) is 34.5 Å². The standard InChI is InChI=1S/C70H46N2O2/c1-5-21-47(22-6-1)49-37-41-53(42-38-49)71(51-25-9-3-10-26-51)65-45-63-67(73-65)70(61-35-19-15-31-57(61)58-32-16-20-36-62(58)70)64-46-66(74-68(64)69(63)59-33-17-13-29-55(59)56-30-14-18-34-60(56)69)72(52-27-11-4-12-28-52)54-43-39-50(40-44-54)48-23-7-2-8-24-48/h1-46H. The fourth-order valence-electron chi connectivity index (χ4n) is 12.7. The summed E-state index contributed by atoms with van der Waals surface area (Å²) in [7, 11) is 0. The molecule has 0 unspecified atom stereocenters. The summed E-state index contributed by atoms with van der Waals surface area (Å²) in [4.78, 5) is 4.55. The third-order valence-electron chi connectivity index (χ3n) is 15.8. The van der Waals surface area contributed by atoms with Crippen molar-refractivity contribution in [2.75, 3.05) is 9.80 Å². The molecule has 0 amide bonds. The Labute approximate surface area is 430 Å². The number of benzene rings is 10. The molecule has 0 saturated heterocycles. The van der Waals surface area contributed by atoms with E-state index >= 15 is 0 Å². The Hall–Kier alpha value is -9.64. The van der Waals surface area contributed by atoms with Crippen molar-refractivity contribution < 1.29 is 8.83 Å².